The van der Waals surface area contributed by atoms with Crippen LogP contribution >= 0.6 is 0 Å². The van der Waals surface area contributed by atoms with Crippen molar-refractivity contribution in [3.63, 3.8) is 0 Å². The third-order valence-corrected chi connectivity index (χ3v) is 3.89. The molecule has 0 radical (unpaired) electrons. The first-order chi connectivity index (χ1) is 7.87. The van der Waals surface area contributed by atoms with E-state index in [0.717, 1.165) is 32.5 Å². The highest BCUT2D eigenvalue weighted by Gasteiger charge is 2.44. The fourth-order valence-electron chi connectivity index (χ4n) is 3.27. The molecule has 1 fully saturated rings. The first kappa shape index (κ1) is 14.9. The molecule has 1 heterocycles. The second kappa shape index (κ2) is 5.68. The van der Waals surface area contributed by atoms with Crippen molar-refractivity contribution < 1.29 is 4.74 Å². The van der Waals surface area contributed by atoms with Gasteiger partial charge >= 0.3 is 0 Å². The maximum Gasteiger partial charge on any atom is 0.0644 e. The Labute approximate surface area is 107 Å². The van der Waals surface area contributed by atoms with Crippen LogP contribution in [0.15, 0.2) is 0 Å². The van der Waals surface area contributed by atoms with Crippen LogP contribution in [0.2, 0.25) is 0 Å². The lowest BCUT2D eigenvalue weighted by Gasteiger charge is -2.52. The van der Waals surface area contributed by atoms with E-state index in [0.29, 0.717) is 6.04 Å². The Balaban J connectivity index is 2.91. The monoisotopic (exact) mass is 242 g/mol. The highest BCUT2D eigenvalue weighted by Crippen LogP contribution is 2.37. The van der Waals surface area contributed by atoms with Gasteiger partial charge in [-0.05, 0) is 53.5 Å². The van der Waals surface area contributed by atoms with Gasteiger partial charge in [-0.2, -0.15) is 0 Å². The molecule has 0 saturated carbocycles. The number of ether oxygens (including phenoxy) is 1. The van der Waals surface area contributed by atoms with Crippen molar-refractivity contribution in [3.8, 4) is 0 Å². The molecule has 1 aliphatic rings. The van der Waals surface area contributed by atoms with Crippen LogP contribution in [0, 0.1) is 0 Å². The summed E-state index contributed by atoms with van der Waals surface area (Å²) in [5.41, 5.74) is 6.22. The SMILES string of the molecule is CCCN(C(C)C)C1(CN)CCOC(C)(C)C1. The summed E-state index contributed by atoms with van der Waals surface area (Å²) in [4.78, 5) is 2.59. The smallest absolute Gasteiger partial charge is 0.0644 e. The predicted molar refractivity (Wildman–Crippen MR) is 73.2 cm³/mol. The second-order valence-corrected chi connectivity index (χ2v) is 6.25. The number of nitrogens with two attached hydrogens (primary N) is 1. The zero-order valence-corrected chi connectivity index (χ0v) is 12.3. The molecule has 3 heteroatoms. The Bertz CT molecular complexity index is 240. The molecular weight excluding hydrogens is 212 g/mol. The van der Waals surface area contributed by atoms with Gasteiger partial charge in [-0.3, -0.25) is 4.90 Å². The van der Waals surface area contributed by atoms with Crippen LogP contribution in [0.5, 0.6) is 0 Å². The van der Waals surface area contributed by atoms with E-state index in [1.54, 1.807) is 0 Å². The average Bonchev–Trinajstić information content (AvgIpc) is 2.23. The quantitative estimate of drug-likeness (QED) is 0.804. The summed E-state index contributed by atoms with van der Waals surface area (Å²) < 4.78 is 5.85. The molecule has 1 saturated heterocycles. The van der Waals surface area contributed by atoms with Gasteiger partial charge in [0.05, 0.1) is 5.60 Å². The minimum Gasteiger partial charge on any atom is -0.375 e. The first-order valence-corrected chi connectivity index (χ1v) is 6.98. The molecule has 0 bridgehead atoms. The van der Waals surface area contributed by atoms with Crippen molar-refractivity contribution in [2.45, 2.75) is 71.1 Å². The normalized spacial score (nSPS) is 28.9. The largest absolute Gasteiger partial charge is 0.375 e. The molecule has 17 heavy (non-hydrogen) atoms. The summed E-state index contributed by atoms with van der Waals surface area (Å²) in [5, 5.41) is 0. The zero-order valence-electron chi connectivity index (χ0n) is 12.3. The fraction of sp³-hybridized carbons (Fsp3) is 1.00. The van der Waals surface area contributed by atoms with Gasteiger partial charge in [0.2, 0.25) is 0 Å². The van der Waals surface area contributed by atoms with E-state index in [-0.39, 0.29) is 11.1 Å². The van der Waals surface area contributed by atoms with Gasteiger partial charge in [0.15, 0.2) is 0 Å². The summed E-state index contributed by atoms with van der Waals surface area (Å²) >= 11 is 0. The van der Waals surface area contributed by atoms with Gasteiger partial charge in [0.25, 0.3) is 0 Å². The maximum atomic E-state index is 6.13. The lowest BCUT2D eigenvalue weighted by atomic mass is 9.79. The lowest BCUT2D eigenvalue weighted by Crippen LogP contribution is -2.62. The molecule has 0 aromatic heterocycles. The zero-order chi connectivity index (χ0) is 13.1. The van der Waals surface area contributed by atoms with Crippen molar-refractivity contribution in [1.29, 1.82) is 0 Å². The maximum absolute atomic E-state index is 6.13. The molecule has 0 aliphatic carbocycles. The highest BCUT2D eigenvalue weighted by molar-refractivity contribution is 5.00. The third kappa shape index (κ3) is 3.43. The molecule has 0 aromatic rings. The van der Waals surface area contributed by atoms with Gasteiger partial charge in [-0.25, -0.2) is 0 Å². The number of hydrogen-bond donors (Lipinski definition) is 1. The molecule has 2 N–H and O–H groups in total. The van der Waals surface area contributed by atoms with Crippen molar-refractivity contribution >= 4 is 0 Å². The van der Waals surface area contributed by atoms with Crippen LogP contribution in [-0.2, 0) is 4.74 Å². The second-order valence-electron chi connectivity index (χ2n) is 6.25. The summed E-state index contributed by atoms with van der Waals surface area (Å²) in [5.74, 6) is 0. The Morgan fingerprint density at radius 3 is 2.41 bits per heavy atom. The molecule has 1 atom stereocenters. The minimum atomic E-state index is -0.0432. The molecule has 0 aromatic carbocycles. The standard InChI is InChI=1S/C14H30N2O/c1-6-8-16(12(2)3)14(11-15)7-9-17-13(4,5)10-14/h12H,6-11,15H2,1-5H3. The van der Waals surface area contributed by atoms with Gasteiger partial charge in [-0.15, -0.1) is 0 Å². The van der Waals surface area contributed by atoms with Crippen LogP contribution < -0.4 is 5.73 Å². The fourth-order valence-corrected chi connectivity index (χ4v) is 3.27. The van der Waals surface area contributed by atoms with Gasteiger partial charge in [0.1, 0.15) is 0 Å². The van der Waals surface area contributed by atoms with Crippen LogP contribution in [0.1, 0.15) is 53.9 Å². The van der Waals surface area contributed by atoms with Crippen LogP contribution in [0.25, 0.3) is 0 Å². The van der Waals surface area contributed by atoms with Gasteiger partial charge in [-0.1, -0.05) is 6.92 Å². The van der Waals surface area contributed by atoms with Crippen LogP contribution in [0.4, 0.5) is 0 Å². The van der Waals surface area contributed by atoms with E-state index >= 15 is 0 Å². The first-order valence-electron chi connectivity index (χ1n) is 6.98. The Morgan fingerprint density at radius 2 is 2.00 bits per heavy atom. The molecule has 1 unspecified atom stereocenters. The van der Waals surface area contributed by atoms with Crippen molar-refractivity contribution in [3.05, 3.63) is 0 Å². The van der Waals surface area contributed by atoms with Crippen LogP contribution in [0.3, 0.4) is 0 Å². The van der Waals surface area contributed by atoms with Gasteiger partial charge < -0.3 is 10.5 Å². The Morgan fingerprint density at radius 1 is 1.35 bits per heavy atom. The summed E-state index contributed by atoms with van der Waals surface area (Å²) in [6.07, 6.45) is 3.28. The van der Waals surface area contributed by atoms with Crippen LogP contribution in [-0.4, -0.2) is 41.8 Å². The van der Waals surface area contributed by atoms with E-state index in [1.807, 2.05) is 0 Å². The van der Waals surface area contributed by atoms with E-state index < -0.39 is 0 Å². The molecule has 0 amide bonds. The Kier molecular flexibility index (Phi) is 4.99. The predicted octanol–water partition coefficient (Wildman–Crippen LogP) is 2.39. The summed E-state index contributed by atoms with van der Waals surface area (Å²) in [7, 11) is 0. The third-order valence-electron chi connectivity index (χ3n) is 3.89. The lowest BCUT2D eigenvalue weighted by molar-refractivity contribution is -0.124. The topological polar surface area (TPSA) is 38.5 Å². The average molecular weight is 242 g/mol. The molecule has 1 rings (SSSR count). The van der Waals surface area contributed by atoms with E-state index in [4.69, 9.17) is 10.5 Å². The number of hydrogen-bond acceptors (Lipinski definition) is 3. The van der Waals surface area contributed by atoms with E-state index in [1.165, 1.54) is 6.42 Å². The number of rotatable bonds is 5. The van der Waals surface area contributed by atoms with E-state index in [9.17, 15) is 0 Å². The molecule has 1 aliphatic heterocycles. The van der Waals surface area contributed by atoms with Crippen molar-refractivity contribution in [2.75, 3.05) is 19.7 Å². The number of nitrogens with zero attached hydrogens (tertiary/aromatic N) is 1. The molecule has 102 valence electrons. The van der Waals surface area contributed by atoms with Crippen molar-refractivity contribution in [1.82, 2.24) is 4.90 Å². The molecule has 3 nitrogen and oxygen atoms in total. The highest BCUT2D eigenvalue weighted by atomic mass is 16.5. The molecular formula is C14H30N2O. The van der Waals surface area contributed by atoms with Crippen molar-refractivity contribution in [2.24, 2.45) is 5.73 Å². The summed E-state index contributed by atoms with van der Waals surface area (Å²) in [6, 6.07) is 0.549. The minimum absolute atomic E-state index is 0.0432. The summed E-state index contributed by atoms with van der Waals surface area (Å²) in [6.45, 7) is 13.8. The van der Waals surface area contributed by atoms with Gasteiger partial charge in [0, 0.05) is 24.7 Å². The Hall–Kier alpha value is -0.120. The molecule has 0 spiro atoms. The van der Waals surface area contributed by atoms with E-state index in [2.05, 4.69) is 39.5 Å².